The molecule has 1 aliphatic heterocycles. The van der Waals surface area contributed by atoms with E-state index in [2.05, 4.69) is 30.8 Å². The maximum absolute atomic E-state index is 6.08. The molecule has 74 valence electrons. The first-order valence-corrected chi connectivity index (χ1v) is 5.80. The van der Waals surface area contributed by atoms with Crippen LogP contribution in [0.5, 0.6) is 0 Å². The van der Waals surface area contributed by atoms with E-state index in [1.165, 1.54) is 10.5 Å². The number of hydrogen-bond acceptors (Lipinski definition) is 2. The molecule has 1 aromatic rings. The molecule has 0 saturated heterocycles. The van der Waals surface area contributed by atoms with Gasteiger partial charge in [0, 0.05) is 16.2 Å². The van der Waals surface area contributed by atoms with E-state index in [1.54, 1.807) is 0 Å². The van der Waals surface area contributed by atoms with Crippen LogP contribution in [0.25, 0.3) is 0 Å². The third-order valence-electron chi connectivity index (χ3n) is 2.59. The molecule has 0 fully saturated rings. The SMILES string of the molecule is C=CCC(N)C1Cc2ccccc2S1. The number of hydrogen-bond donors (Lipinski definition) is 1. The smallest absolute Gasteiger partial charge is 0.0290 e. The monoisotopic (exact) mass is 205 g/mol. The molecule has 0 saturated carbocycles. The fourth-order valence-electron chi connectivity index (χ4n) is 1.79. The molecule has 0 spiro atoms. The third kappa shape index (κ3) is 1.86. The number of benzene rings is 1. The molecule has 2 heteroatoms. The van der Waals surface area contributed by atoms with Crippen molar-refractivity contribution in [2.45, 2.75) is 29.0 Å². The van der Waals surface area contributed by atoms with Crippen LogP contribution in [0, 0.1) is 0 Å². The maximum Gasteiger partial charge on any atom is 0.0290 e. The highest BCUT2D eigenvalue weighted by atomic mass is 32.2. The first-order valence-electron chi connectivity index (χ1n) is 4.92. The second-order valence-electron chi connectivity index (χ2n) is 3.66. The van der Waals surface area contributed by atoms with Crippen LogP contribution in [0.3, 0.4) is 0 Å². The largest absolute Gasteiger partial charge is 0.326 e. The molecule has 1 aliphatic rings. The van der Waals surface area contributed by atoms with Gasteiger partial charge in [-0.15, -0.1) is 18.3 Å². The topological polar surface area (TPSA) is 26.0 Å². The lowest BCUT2D eigenvalue weighted by atomic mass is 10.0. The lowest BCUT2D eigenvalue weighted by molar-refractivity contribution is 0.645. The van der Waals surface area contributed by atoms with E-state index in [9.17, 15) is 0 Å². The molecule has 1 aromatic carbocycles. The highest BCUT2D eigenvalue weighted by molar-refractivity contribution is 8.00. The molecule has 0 aliphatic carbocycles. The summed E-state index contributed by atoms with van der Waals surface area (Å²) in [6.07, 6.45) is 3.93. The zero-order valence-electron chi connectivity index (χ0n) is 8.15. The van der Waals surface area contributed by atoms with Crippen LogP contribution < -0.4 is 5.73 Å². The molecule has 1 nitrogen and oxygen atoms in total. The number of nitrogens with two attached hydrogens (primary N) is 1. The summed E-state index contributed by atoms with van der Waals surface area (Å²) in [6, 6.07) is 8.81. The molecule has 2 atom stereocenters. The Balaban J connectivity index is 2.07. The normalized spacial score (nSPS) is 21.6. The van der Waals surface area contributed by atoms with Crippen molar-refractivity contribution in [3.8, 4) is 0 Å². The second kappa shape index (κ2) is 4.20. The molecule has 1 heterocycles. The molecule has 2 N–H and O–H groups in total. The Kier molecular flexibility index (Phi) is 2.94. The van der Waals surface area contributed by atoms with Crippen molar-refractivity contribution in [3.63, 3.8) is 0 Å². The van der Waals surface area contributed by atoms with Crippen LogP contribution in [-0.2, 0) is 6.42 Å². The molecule has 14 heavy (non-hydrogen) atoms. The Morgan fingerprint density at radius 3 is 3.07 bits per heavy atom. The van der Waals surface area contributed by atoms with Gasteiger partial charge in [0.2, 0.25) is 0 Å². The van der Waals surface area contributed by atoms with Crippen molar-refractivity contribution in [1.29, 1.82) is 0 Å². The number of fused-ring (bicyclic) bond motifs is 1. The van der Waals surface area contributed by atoms with Gasteiger partial charge in [-0.1, -0.05) is 24.3 Å². The van der Waals surface area contributed by atoms with Crippen molar-refractivity contribution in [2.75, 3.05) is 0 Å². The van der Waals surface area contributed by atoms with Crippen LogP contribution in [0.4, 0.5) is 0 Å². The van der Waals surface area contributed by atoms with Gasteiger partial charge in [-0.2, -0.15) is 0 Å². The van der Waals surface area contributed by atoms with Crippen molar-refractivity contribution in [2.24, 2.45) is 5.73 Å². The first-order chi connectivity index (χ1) is 6.81. The van der Waals surface area contributed by atoms with Gasteiger partial charge in [-0.05, 0) is 24.5 Å². The first kappa shape index (κ1) is 9.81. The third-order valence-corrected chi connectivity index (χ3v) is 4.06. The average molecular weight is 205 g/mol. The van der Waals surface area contributed by atoms with Gasteiger partial charge < -0.3 is 5.73 Å². The van der Waals surface area contributed by atoms with Crippen LogP contribution in [0.15, 0.2) is 41.8 Å². The van der Waals surface area contributed by atoms with Gasteiger partial charge in [0.25, 0.3) is 0 Å². The standard InChI is InChI=1S/C12H15NS/c1-2-5-10(13)12-8-9-6-3-4-7-11(9)14-12/h2-4,6-7,10,12H,1,5,8,13H2. The van der Waals surface area contributed by atoms with E-state index in [0.717, 1.165) is 12.8 Å². The zero-order valence-corrected chi connectivity index (χ0v) is 8.96. The Morgan fingerprint density at radius 1 is 1.57 bits per heavy atom. The Morgan fingerprint density at radius 2 is 2.36 bits per heavy atom. The summed E-state index contributed by atoms with van der Waals surface area (Å²) in [5.41, 5.74) is 7.52. The van der Waals surface area contributed by atoms with Crippen LogP contribution >= 0.6 is 11.8 Å². The molecule has 0 aromatic heterocycles. The summed E-state index contributed by atoms with van der Waals surface area (Å²) in [5, 5.41) is 0.533. The van der Waals surface area contributed by atoms with Gasteiger partial charge in [0.15, 0.2) is 0 Å². The fourth-order valence-corrected chi connectivity index (χ4v) is 3.13. The van der Waals surface area contributed by atoms with E-state index in [4.69, 9.17) is 5.73 Å². The van der Waals surface area contributed by atoms with Crippen LogP contribution in [-0.4, -0.2) is 11.3 Å². The zero-order chi connectivity index (χ0) is 9.97. The van der Waals surface area contributed by atoms with Gasteiger partial charge in [-0.25, -0.2) is 0 Å². The van der Waals surface area contributed by atoms with Crippen molar-refractivity contribution in [1.82, 2.24) is 0 Å². The predicted octanol–water partition coefficient (Wildman–Crippen LogP) is 2.61. The second-order valence-corrected chi connectivity index (χ2v) is 4.94. The molecular weight excluding hydrogens is 190 g/mol. The van der Waals surface area contributed by atoms with Gasteiger partial charge in [-0.3, -0.25) is 0 Å². The highest BCUT2D eigenvalue weighted by Gasteiger charge is 2.25. The van der Waals surface area contributed by atoms with Gasteiger partial charge in [0.1, 0.15) is 0 Å². The Labute approximate surface area is 89.4 Å². The van der Waals surface area contributed by atoms with E-state index < -0.39 is 0 Å². The summed E-state index contributed by atoms with van der Waals surface area (Å²) in [6.45, 7) is 3.73. The van der Waals surface area contributed by atoms with Crippen molar-refractivity contribution < 1.29 is 0 Å². The number of thioether (sulfide) groups is 1. The average Bonchev–Trinajstić information content (AvgIpc) is 2.61. The number of rotatable bonds is 3. The highest BCUT2D eigenvalue weighted by Crippen LogP contribution is 2.38. The van der Waals surface area contributed by atoms with E-state index in [0.29, 0.717) is 5.25 Å². The summed E-state index contributed by atoms with van der Waals surface area (Å²) in [7, 11) is 0. The van der Waals surface area contributed by atoms with Crippen LogP contribution in [0.2, 0.25) is 0 Å². The molecular formula is C12H15NS. The molecule has 0 amide bonds. The predicted molar refractivity (Wildman–Crippen MR) is 62.6 cm³/mol. The van der Waals surface area contributed by atoms with Crippen molar-refractivity contribution in [3.05, 3.63) is 42.5 Å². The summed E-state index contributed by atoms with van der Waals surface area (Å²) >= 11 is 1.91. The summed E-state index contributed by atoms with van der Waals surface area (Å²) < 4.78 is 0. The van der Waals surface area contributed by atoms with Crippen molar-refractivity contribution >= 4 is 11.8 Å². The Bertz CT molecular complexity index is 310. The molecule has 0 radical (unpaired) electrons. The van der Waals surface area contributed by atoms with Gasteiger partial charge >= 0.3 is 0 Å². The van der Waals surface area contributed by atoms with E-state index in [-0.39, 0.29) is 6.04 Å². The lowest BCUT2D eigenvalue weighted by Crippen LogP contribution is -2.31. The lowest BCUT2D eigenvalue weighted by Gasteiger charge is -2.15. The minimum atomic E-state index is 0.241. The van der Waals surface area contributed by atoms with Gasteiger partial charge in [0.05, 0.1) is 0 Å². The molecule has 2 rings (SSSR count). The summed E-state index contributed by atoms with van der Waals surface area (Å²) in [5.74, 6) is 0. The minimum absolute atomic E-state index is 0.241. The van der Waals surface area contributed by atoms with E-state index in [1.807, 2.05) is 17.8 Å². The quantitative estimate of drug-likeness (QED) is 0.768. The van der Waals surface area contributed by atoms with Crippen LogP contribution in [0.1, 0.15) is 12.0 Å². The maximum atomic E-state index is 6.08. The molecule has 2 unspecified atom stereocenters. The summed E-state index contributed by atoms with van der Waals surface area (Å²) in [4.78, 5) is 1.40. The fraction of sp³-hybridized carbons (Fsp3) is 0.333. The Hall–Kier alpha value is -0.730. The van der Waals surface area contributed by atoms with E-state index >= 15 is 0 Å². The minimum Gasteiger partial charge on any atom is -0.326 e. The molecule has 0 bridgehead atoms.